The summed E-state index contributed by atoms with van der Waals surface area (Å²) in [5.41, 5.74) is -0.140. The van der Waals surface area contributed by atoms with Crippen molar-refractivity contribution in [3.8, 4) is 0 Å². The van der Waals surface area contributed by atoms with Crippen LogP contribution in [0.2, 0.25) is 0 Å². The number of allylic oxidation sites excluding steroid dienone is 1. The molecule has 2 aromatic rings. The van der Waals surface area contributed by atoms with Crippen molar-refractivity contribution < 1.29 is 33.8 Å². The Morgan fingerprint density at radius 2 is 1.70 bits per heavy atom. The van der Waals surface area contributed by atoms with Gasteiger partial charge in [-0.05, 0) is 37.5 Å². The number of hydrogen-bond acceptors (Lipinski definition) is 7. The van der Waals surface area contributed by atoms with Gasteiger partial charge in [0.2, 0.25) is 17.7 Å². The highest BCUT2D eigenvalue weighted by Gasteiger charge is 2.75. The molecule has 3 amide bonds. The van der Waals surface area contributed by atoms with Crippen LogP contribution in [0.3, 0.4) is 0 Å². The first-order valence-corrected chi connectivity index (χ1v) is 16.5. The van der Waals surface area contributed by atoms with Gasteiger partial charge in [0.25, 0.3) is 0 Å². The highest BCUT2D eigenvalue weighted by Crippen LogP contribution is 2.60. The van der Waals surface area contributed by atoms with Crippen molar-refractivity contribution in [1.29, 1.82) is 0 Å². The maximum Gasteiger partial charge on any atom is 0.313 e. The van der Waals surface area contributed by atoms with Crippen molar-refractivity contribution in [3.05, 3.63) is 94.5 Å². The van der Waals surface area contributed by atoms with E-state index in [1.807, 2.05) is 74.5 Å². The fourth-order valence-electron chi connectivity index (χ4n) is 7.21. The Bertz CT molecular complexity index is 1550. The second-order valence-corrected chi connectivity index (χ2v) is 13.3. The van der Waals surface area contributed by atoms with Crippen LogP contribution in [0.25, 0.3) is 0 Å². The predicted octanol–water partition coefficient (Wildman–Crippen LogP) is 3.58. The number of fused-ring (bicyclic) bond motifs is 2. The minimum atomic E-state index is -1.48. The van der Waals surface area contributed by atoms with Gasteiger partial charge in [-0.2, -0.15) is 0 Å². The number of carbonyl (C=O) groups is 4. The van der Waals surface area contributed by atoms with Gasteiger partial charge in [0.1, 0.15) is 29.8 Å². The number of hydrogen-bond donors (Lipinski definition) is 2. The van der Waals surface area contributed by atoms with E-state index < -0.39 is 60.2 Å². The topological polar surface area (TPSA) is 125 Å². The third-order valence-corrected chi connectivity index (χ3v) is 10.1. The van der Waals surface area contributed by atoms with Crippen molar-refractivity contribution in [1.82, 2.24) is 15.1 Å². The normalized spacial score (nSPS) is 31.4. The molecule has 6 rings (SSSR count). The van der Waals surface area contributed by atoms with Crippen molar-refractivity contribution in [3.63, 3.8) is 0 Å². The van der Waals surface area contributed by atoms with Crippen LogP contribution in [0.15, 0.2) is 83.4 Å². The average Bonchev–Trinajstić information content (AvgIpc) is 3.64. The molecule has 0 aliphatic carbocycles. The molecule has 5 bridgehead atoms. The van der Waals surface area contributed by atoms with Gasteiger partial charge in [-0.25, -0.2) is 0 Å². The van der Waals surface area contributed by atoms with Crippen LogP contribution >= 0.6 is 15.9 Å². The van der Waals surface area contributed by atoms with Gasteiger partial charge < -0.3 is 29.7 Å². The SMILES string of the molecule is CC(C)N1C/C=C\CCC(=O)NC[C@H](c2ccccc2)OC(=O)[C@H]2[C@@H]3O[C@@]4(C=C3Br)[C@@H]2C(=O)N([C@H](CO)c2ccccc2)[C@@H]4C1=O. The molecule has 2 saturated heterocycles. The molecule has 0 saturated carbocycles. The first kappa shape index (κ1) is 32.2. The second kappa shape index (κ2) is 13.1. The monoisotopic (exact) mass is 691 g/mol. The Balaban J connectivity index is 1.48. The number of cyclic esters (lactones) is 1. The fourth-order valence-corrected chi connectivity index (χ4v) is 7.95. The summed E-state index contributed by atoms with van der Waals surface area (Å²) in [5, 5.41) is 13.6. The Morgan fingerprint density at radius 3 is 2.37 bits per heavy atom. The highest BCUT2D eigenvalue weighted by atomic mass is 79.9. The van der Waals surface area contributed by atoms with E-state index in [0.29, 0.717) is 22.0 Å². The van der Waals surface area contributed by atoms with E-state index in [9.17, 15) is 24.3 Å². The third-order valence-electron chi connectivity index (χ3n) is 9.39. The van der Waals surface area contributed by atoms with Gasteiger partial charge in [0, 0.05) is 23.5 Å². The van der Waals surface area contributed by atoms with Gasteiger partial charge in [0.15, 0.2) is 0 Å². The lowest BCUT2D eigenvalue weighted by Crippen LogP contribution is -2.58. The smallest absolute Gasteiger partial charge is 0.313 e. The zero-order valence-electron chi connectivity index (χ0n) is 25.8. The Hall–Kier alpha value is -3.80. The Morgan fingerprint density at radius 1 is 1.00 bits per heavy atom. The highest BCUT2D eigenvalue weighted by molar-refractivity contribution is 9.11. The Kier molecular flexibility index (Phi) is 9.18. The molecule has 0 radical (unpaired) electrons. The summed E-state index contributed by atoms with van der Waals surface area (Å²) in [6.07, 6.45) is 4.47. The molecule has 0 aromatic heterocycles. The van der Waals surface area contributed by atoms with Crippen LogP contribution in [0.5, 0.6) is 0 Å². The lowest BCUT2D eigenvalue weighted by Gasteiger charge is -2.40. The van der Waals surface area contributed by atoms with Crippen LogP contribution in [-0.2, 0) is 28.7 Å². The molecular weight excluding hydrogens is 654 g/mol. The zero-order valence-corrected chi connectivity index (χ0v) is 27.3. The van der Waals surface area contributed by atoms with E-state index in [1.54, 1.807) is 23.1 Å². The summed E-state index contributed by atoms with van der Waals surface area (Å²) in [6, 6.07) is 15.9. The largest absolute Gasteiger partial charge is 0.455 e. The summed E-state index contributed by atoms with van der Waals surface area (Å²) < 4.78 is 13.3. The second-order valence-electron chi connectivity index (χ2n) is 12.4. The first-order chi connectivity index (χ1) is 22.2. The van der Waals surface area contributed by atoms with Crippen molar-refractivity contribution >= 4 is 39.6 Å². The number of ether oxygens (including phenoxy) is 2. The lowest BCUT2D eigenvalue weighted by atomic mass is 9.74. The predicted molar refractivity (Wildman–Crippen MR) is 172 cm³/mol. The van der Waals surface area contributed by atoms with E-state index >= 15 is 0 Å². The summed E-state index contributed by atoms with van der Waals surface area (Å²) in [4.78, 5) is 59.5. The van der Waals surface area contributed by atoms with Gasteiger partial charge in [0.05, 0.1) is 25.1 Å². The molecule has 10 nitrogen and oxygen atoms in total. The minimum Gasteiger partial charge on any atom is -0.455 e. The van der Waals surface area contributed by atoms with Gasteiger partial charge in [-0.3, -0.25) is 19.2 Å². The number of esters is 1. The molecule has 4 aliphatic rings. The van der Waals surface area contributed by atoms with Gasteiger partial charge in [-0.15, -0.1) is 0 Å². The van der Waals surface area contributed by atoms with Crippen LogP contribution in [0, 0.1) is 11.8 Å². The summed E-state index contributed by atoms with van der Waals surface area (Å²) in [7, 11) is 0. The number of nitrogens with one attached hydrogen (secondary N) is 1. The summed E-state index contributed by atoms with van der Waals surface area (Å²) in [6.45, 7) is 3.63. The molecule has 46 heavy (non-hydrogen) atoms. The molecule has 2 N–H and O–H groups in total. The van der Waals surface area contributed by atoms with Crippen molar-refractivity contribution in [2.24, 2.45) is 11.8 Å². The Labute approximate surface area is 276 Å². The van der Waals surface area contributed by atoms with E-state index in [-0.39, 0.29) is 37.4 Å². The summed E-state index contributed by atoms with van der Waals surface area (Å²) >= 11 is 3.58. The molecule has 2 fully saturated rings. The molecule has 4 aliphatic heterocycles. The van der Waals surface area contributed by atoms with Crippen molar-refractivity contribution in [2.75, 3.05) is 19.7 Å². The number of halogens is 1. The van der Waals surface area contributed by atoms with Crippen LogP contribution in [-0.4, -0.2) is 82.1 Å². The van der Waals surface area contributed by atoms with Crippen LogP contribution in [0.4, 0.5) is 0 Å². The molecule has 242 valence electrons. The van der Waals surface area contributed by atoms with Crippen LogP contribution < -0.4 is 5.32 Å². The molecule has 11 heteroatoms. The number of benzene rings is 2. The number of nitrogens with zero attached hydrogens (tertiary/aromatic N) is 2. The maximum atomic E-state index is 14.8. The number of carbonyl (C=O) groups excluding carboxylic acids is 4. The number of amides is 3. The lowest BCUT2D eigenvalue weighted by molar-refractivity contribution is -0.160. The maximum absolute atomic E-state index is 14.8. The number of rotatable bonds is 5. The average molecular weight is 693 g/mol. The molecule has 7 atom stereocenters. The quantitative estimate of drug-likeness (QED) is 0.363. The summed E-state index contributed by atoms with van der Waals surface area (Å²) in [5.74, 6) is -3.85. The van der Waals surface area contributed by atoms with Crippen LogP contribution in [0.1, 0.15) is 50.0 Å². The van der Waals surface area contributed by atoms with Crippen molar-refractivity contribution in [2.45, 2.75) is 62.6 Å². The van der Waals surface area contributed by atoms with E-state index in [4.69, 9.17) is 9.47 Å². The van der Waals surface area contributed by atoms with Gasteiger partial charge in [-0.1, -0.05) is 88.7 Å². The number of aliphatic hydroxyl groups is 1. The molecule has 1 spiro atoms. The molecular formula is C35H38BrN3O7. The van der Waals surface area contributed by atoms with E-state index in [2.05, 4.69) is 21.2 Å². The molecule has 0 unspecified atom stereocenters. The third kappa shape index (κ3) is 5.58. The standard InChI is InChI=1S/C35H38BrN3O7/c1-21(2)38-17-11-5-10-16-27(41)37-19-26(23-14-8-4-9-15-23)45-34(44)28-29-32(42)39(25(20-40)22-12-6-3-7-13-22)31(33(38)43)35(29)18-24(36)30(28)46-35/h3-9,11-15,18,21,25-26,28-31,40H,10,16-17,19-20H2,1-2H3,(H,37,41)/b11-5-/t25-,26-,28-,29+,30-,31-,35+/m1/s1. The fraction of sp³-hybridized carbons (Fsp3) is 0.429. The van der Waals surface area contributed by atoms with E-state index in [1.165, 1.54) is 4.90 Å². The minimum absolute atomic E-state index is 0.0479. The number of aliphatic hydroxyl groups excluding tert-OH is 1. The van der Waals surface area contributed by atoms with Gasteiger partial charge >= 0.3 is 5.97 Å². The number of likely N-dealkylation sites (tertiary alicyclic amines) is 1. The molecule has 4 heterocycles. The van der Waals surface area contributed by atoms with E-state index in [0.717, 1.165) is 0 Å². The molecule has 2 aromatic carbocycles. The zero-order chi connectivity index (χ0) is 32.6. The first-order valence-electron chi connectivity index (χ1n) is 15.7.